The van der Waals surface area contributed by atoms with Crippen LogP contribution in [0, 0.1) is 13.8 Å². The maximum absolute atomic E-state index is 12.7. The molecule has 0 aromatic heterocycles. The number of aryl methyl sites for hydroxylation is 2. The van der Waals surface area contributed by atoms with E-state index in [1.807, 2.05) is 63.2 Å². The van der Waals surface area contributed by atoms with Crippen molar-refractivity contribution in [2.45, 2.75) is 20.8 Å². The molecule has 2 aromatic rings. The zero-order chi connectivity index (χ0) is 19.4. The lowest BCUT2D eigenvalue weighted by Gasteiger charge is -2.19. The number of carbonyl (C=O) groups excluding carboxylic acids is 2. The van der Waals surface area contributed by atoms with E-state index in [0.29, 0.717) is 19.7 Å². The number of hydrogen-bond acceptors (Lipinski definition) is 3. The molecule has 0 atom stereocenters. The summed E-state index contributed by atoms with van der Waals surface area (Å²) >= 11 is 0. The van der Waals surface area contributed by atoms with Crippen LogP contribution in [0.4, 0.5) is 16.2 Å². The van der Waals surface area contributed by atoms with Gasteiger partial charge in [0.15, 0.2) is 0 Å². The van der Waals surface area contributed by atoms with Crippen LogP contribution in [0.15, 0.2) is 42.5 Å². The number of urea groups is 1. The molecule has 0 radical (unpaired) electrons. The topological polar surface area (TPSA) is 61.9 Å². The molecule has 1 N–H and O–H groups in total. The van der Waals surface area contributed by atoms with Gasteiger partial charge in [-0.05, 0) is 56.7 Å². The molecule has 1 heterocycles. The molecule has 3 rings (SSSR count). The Bertz CT molecular complexity index is 833. The fourth-order valence-corrected chi connectivity index (χ4v) is 3.17. The van der Waals surface area contributed by atoms with Crippen molar-refractivity contribution in [1.82, 2.24) is 4.90 Å². The summed E-state index contributed by atoms with van der Waals surface area (Å²) in [6.45, 7) is 7.62. The van der Waals surface area contributed by atoms with E-state index in [9.17, 15) is 9.59 Å². The van der Waals surface area contributed by atoms with Crippen molar-refractivity contribution in [3.63, 3.8) is 0 Å². The van der Waals surface area contributed by atoms with Crippen molar-refractivity contribution in [2.24, 2.45) is 0 Å². The monoisotopic (exact) mass is 367 g/mol. The van der Waals surface area contributed by atoms with Gasteiger partial charge in [-0.15, -0.1) is 0 Å². The molecular weight excluding hydrogens is 342 g/mol. The first-order valence-electron chi connectivity index (χ1n) is 9.14. The van der Waals surface area contributed by atoms with Crippen LogP contribution in [0.5, 0.6) is 5.75 Å². The predicted octanol–water partition coefficient (Wildman–Crippen LogP) is 3.58. The van der Waals surface area contributed by atoms with E-state index in [-0.39, 0.29) is 18.5 Å². The molecule has 0 unspecified atom stereocenters. The smallest absolute Gasteiger partial charge is 0.325 e. The van der Waals surface area contributed by atoms with E-state index in [0.717, 1.165) is 28.3 Å². The number of hydrogen-bond donors (Lipinski definition) is 1. The number of anilines is 2. The predicted molar refractivity (Wildman–Crippen MR) is 106 cm³/mol. The Hall–Kier alpha value is -3.02. The average molecular weight is 367 g/mol. The standard InChI is InChI=1S/C21H25N3O3/c1-4-27-18-8-6-17(7-9-18)24-12-11-23(21(24)26)14-20(25)22-19-10-5-15(2)13-16(19)3/h5-10,13H,4,11-12,14H2,1-3H3,(H,22,25). The summed E-state index contributed by atoms with van der Waals surface area (Å²) < 4.78 is 5.43. The molecule has 1 aliphatic heterocycles. The second-order valence-corrected chi connectivity index (χ2v) is 6.65. The lowest BCUT2D eigenvalue weighted by atomic mass is 10.1. The van der Waals surface area contributed by atoms with E-state index >= 15 is 0 Å². The highest BCUT2D eigenvalue weighted by Crippen LogP contribution is 2.23. The largest absolute Gasteiger partial charge is 0.494 e. The molecule has 6 nitrogen and oxygen atoms in total. The van der Waals surface area contributed by atoms with Crippen molar-refractivity contribution in [3.8, 4) is 5.75 Å². The Labute approximate surface area is 159 Å². The molecule has 0 saturated carbocycles. The third-order valence-electron chi connectivity index (χ3n) is 4.54. The average Bonchev–Trinajstić information content (AvgIpc) is 2.99. The van der Waals surface area contributed by atoms with Gasteiger partial charge in [0, 0.05) is 24.5 Å². The summed E-state index contributed by atoms with van der Waals surface area (Å²) in [5.74, 6) is 0.585. The summed E-state index contributed by atoms with van der Waals surface area (Å²) in [5, 5.41) is 2.89. The van der Waals surface area contributed by atoms with Crippen LogP contribution in [0.3, 0.4) is 0 Å². The quantitative estimate of drug-likeness (QED) is 0.849. The molecule has 0 bridgehead atoms. The summed E-state index contributed by atoms with van der Waals surface area (Å²) in [4.78, 5) is 28.3. The van der Waals surface area contributed by atoms with Gasteiger partial charge >= 0.3 is 6.03 Å². The molecular formula is C21H25N3O3. The zero-order valence-corrected chi connectivity index (χ0v) is 16.0. The van der Waals surface area contributed by atoms with E-state index in [2.05, 4.69) is 5.32 Å². The number of carbonyl (C=O) groups is 2. The number of nitrogens with one attached hydrogen (secondary N) is 1. The van der Waals surface area contributed by atoms with Gasteiger partial charge in [0.2, 0.25) is 5.91 Å². The van der Waals surface area contributed by atoms with E-state index in [1.165, 1.54) is 0 Å². The van der Waals surface area contributed by atoms with Crippen LogP contribution < -0.4 is 15.0 Å². The number of nitrogens with zero attached hydrogens (tertiary/aromatic N) is 2. The Morgan fingerprint density at radius 3 is 2.52 bits per heavy atom. The van der Waals surface area contributed by atoms with Crippen LogP contribution in [0.1, 0.15) is 18.1 Å². The summed E-state index contributed by atoms with van der Waals surface area (Å²) in [7, 11) is 0. The molecule has 0 aliphatic carbocycles. The first kappa shape index (κ1) is 18.8. The van der Waals surface area contributed by atoms with E-state index in [4.69, 9.17) is 4.74 Å². The Kier molecular flexibility index (Phi) is 5.64. The lowest BCUT2D eigenvalue weighted by Crippen LogP contribution is -2.37. The van der Waals surface area contributed by atoms with Crippen molar-refractivity contribution in [3.05, 3.63) is 53.6 Å². The molecule has 142 valence electrons. The number of rotatable bonds is 6. The maximum Gasteiger partial charge on any atom is 0.325 e. The normalized spacial score (nSPS) is 13.8. The highest BCUT2D eigenvalue weighted by atomic mass is 16.5. The number of benzene rings is 2. The van der Waals surface area contributed by atoms with Crippen molar-refractivity contribution < 1.29 is 14.3 Å². The highest BCUT2D eigenvalue weighted by molar-refractivity contribution is 5.99. The lowest BCUT2D eigenvalue weighted by molar-refractivity contribution is -0.116. The second-order valence-electron chi connectivity index (χ2n) is 6.65. The summed E-state index contributed by atoms with van der Waals surface area (Å²) in [6, 6.07) is 13.1. The third kappa shape index (κ3) is 4.39. The molecule has 27 heavy (non-hydrogen) atoms. The van der Waals surface area contributed by atoms with E-state index < -0.39 is 0 Å². The maximum atomic E-state index is 12.7. The van der Waals surface area contributed by atoms with Gasteiger partial charge in [0.1, 0.15) is 12.3 Å². The SMILES string of the molecule is CCOc1ccc(N2CCN(CC(=O)Nc3ccc(C)cc3C)C2=O)cc1. The van der Waals surface area contributed by atoms with Crippen molar-refractivity contribution >= 4 is 23.3 Å². The Morgan fingerprint density at radius 2 is 1.85 bits per heavy atom. The molecule has 3 amide bonds. The molecule has 6 heteroatoms. The molecule has 1 saturated heterocycles. The minimum absolute atomic E-state index is 0.0413. The fraction of sp³-hybridized carbons (Fsp3) is 0.333. The molecule has 0 spiro atoms. The van der Waals surface area contributed by atoms with Crippen molar-refractivity contribution in [2.75, 3.05) is 36.5 Å². The van der Waals surface area contributed by atoms with Gasteiger partial charge < -0.3 is 15.0 Å². The first-order chi connectivity index (χ1) is 13.0. The summed E-state index contributed by atoms with van der Waals surface area (Å²) in [6.07, 6.45) is 0. The van der Waals surface area contributed by atoms with Crippen LogP contribution in [-0.2, 0) is 4.79 Å². The number of amides is 3. The van der Waals surface area contributed by atoms with Crippen molar-refractivity contribution in [1.29, 1.82) is 0 Å². The van der Waals surface area contributed by atoms with Crippen LogP contribution in [0.2, 0.25) is 0 Å². The van der Waals surface area contributed by atoms with Gasteiger partial charge in [0.25, 0.3) is 0 Å². The van der Waals surface area contributed by atoms with Gasteiger partial charge in [-0.2, -0.15) is 0 Å². The van der Waals surface area contributed by atoms with Crippen LogP contribution >= 0.6 is 0 Å². The summed E-state index contributed by atoms with van der Waals surface area (Å²) in [5.41, 5.74) is 3.74. The Balaban J connectivity index is 1.60. The highest BCUT2D eigenvalue weighted by Gasteiger charge is 2.30. The third-order valence-corrected chi connectivity index (χ3v) is 4.54. The van der Waals surface area contributed by atoms with Gasteiger partial charge in [-0.25, -0.2) is 4.79 Å². The van der Waals surface area contributed by atoms with Crippen LogP contribution in [-0.4, -0.2) is 43.1 Å². The van der Waals surface area contributed by atoms with Crippen LogP contribution in [0.25, 0.3) is 0 Å². The molecule has 1 aliphatic rings. The Morgan fingerprint density at radius 1 is 1.11 bits per heavy atom. The molecule has 2 aromatic carbocycles. The minimum Gasteiger partial charge on any atom is -0.494 e. The number of ether oxygens (including phenoxy) is 1. The zero-order valence-electron chi connectivity index (χ0n) is 16.0. The molecule has 1 fully saturated rings. The minimum atomic E-state index is -0.191. The van der Waals surface area contributed by atoms with Gasteiger partial charge in [-0.3, -0.25) is 9.69 Å². The fourth-order valence-electron chi connectivity index (χ4n) is 3.17. The van der Waals surface area contributed by atoms with Gasteiger partial charge in [-0.1, -0.05) is 17.7 Å². The second kappa shape index (κ2) is 8.12. The van der Waals surface area contributed by atoms with E-state index in [1.54, 1.807) is 9.80 Å². The first-order valence-corrected chi connectivity index (χ1v) is 9.14. The van der Waals surface area contributed by atoms with Gasteiger partial charge in [0.05, 0.1) is 6.61 Å².